The Bertz CT molecular complexity index is 1030. The SMILES string of the molecule is CC(C)C(NC(=O)O)c1nc(-c2ccc3c(c2)N(C)c2ccccc2S3)cs1. The van der Waals surface area contributed by atoms with E-state index < -0.39 is 6.09 Å². The van der Waals surface area contributed by atoms with Gasteiger partial charge in [0.25, 0.3) is 0 Å². The van der Waals surface area contributed by atoms with Gasteiger partial charge in [0.15, 0.2) is 0 Å². The number of anilines is 2. The number of carboxylic acid groups (broad SMARTS) is 1. The number of fused-ring (bicyclic) bond motifs is 2. The van der Waals surface area contributed by atoms with Gasteiger partial charge in [-0.3, -0.25) is 0 Å². The van der Waals surface area contributed by atoms with Crippen LogP contribution in [0.4, 0.5) is 16.2 Å². The van der Waals surface area contributed by atoms with Crippen molar-refractivity contribution in [3.63, 3.8) is 0 Å². The van der Waals surface area contributed by atoms with Crippen molar-refractivity contribution in [1.82, 2.24) is 10.3 Å². The molecule has 0 saturated carbocycles. The van der Waals surface area contributed by atoms with Crippen LogP contribution in [-0.4, -0.2) is 23.2 Å². The van der Waals surface area contributed by atoms with E-state index in [1.54, 1.807) is 11.8 Å². The van der Waals surface area contributed by atoms with E-state index in [1.165, 1.54) is 26.8 Å². The van der Waals surface area contributed by atoms with E-state index in [1.807, 2.05) is 19.2 Å². The molecule has 0 bridgehead atoms. The van der Waals surface area contributed by atoms with Gasteiger partial charge in [-0.15, -0.1) is 11.3 Å². The predicted octanol–water partition coefficient (Wildman–Crippen LogP) is 6.01. The summed E-state index contributed by atoms with van der Waals surface area (Å²) < 4.78 is 0. The van der Waals surface area contributed by atoms with Crippen LogP contribution in [0.5, 0.6) is 0 Å². The lowest BCUT2D eigenvalue weighted by Crippen LogP contribution is -2.30. The Hall–Kier alpha value is -2.51. The smallest absolute Gasteiger partial charge is 0.405 e. The van der Waals surface area contributed by atoms with Gasteiger partial charge in [0.05, 0.1) is 23.1 Å². The van der Waals surface area contributed by atoms with Crippen LogP contribution in [0.15, 0.2) is 57.6 Å². The second-order valence-electron chi connectivity index (χ2n) is 7.05. The second kappa shape index (κ2) is 7.48. The summed E-state index contributed by atoms with van der Waals surface area (Å²) in [6.07, 6.45) is -1.03. The number of benzene rings is 2. The molecular formula is C21H21N3O2S2. The molecule has 1 aromatic heterocycles. The maximum absolute atomic E-state index is 11.1. The molecule has 2 N–H and O–H groups in total. The van der Waals surface area contributed by atoms with E-state index in [9.17, 15) is 4.79 Å². The Morgan fingerprint density at radius 2 is 1.89 bits per heavy atom. The van der Waals surface area contributed by atoms with Gasteiger partial charge in [0.2, 0.25) is 0 Å². The summed E-state index contributed by atoms with van der Waals surface area (Å²) in [5, 5.41) is 14.5. The summed E-state index contributed by atoms with van der Waals surface area (Å²) in [6, 6.07) is 14.5. The number of thiazole rings is 1. The van der Waals surface area contributed by atoms with Crippen molar-refractivity contribution in [3.8, 4) is 11.3 Å². The summed E-state index contributed by atoms with van der Waals surface area (Å²) in [6.45, 7) is 3.98. The van der Waals surface area contributed by atoms with Crippen LogP contribution in [0, 0.1) is 5.92 Å². The molecule has 5 nitrogen and oxygen atoms in total. The van der Waals surface area contributed by atoms with Gasteiger partial charge in [-0.25, -0.2) is 9.78 Å². The molecule has 1 aliphatic heterocycles. The summed E-state index contributed by atoms with van der Waals surface area (Å²) >= 11 is 3.27. The fourth-order valence-electron chi connectivity index (χ4n) is 3.30. The standard InChI is InChI=1S/C21H21N3O2S2/c1-12(2)19(23-21(25)26)20-22-14(11-27-20)13-8-9-18-16(10-13)24(3)15-6-4-5-7-17(15)28-18/h4-12,19,23H,1-3H3,(H,25,26). The summed E-state index contributed by atoms with van der Waals surface area (Å²) in [5.74, 6) is 0.123. The third-order valence-electron chi connectivity index (χ3n) is 4.80. The van der Waals surface area contributed by atoms with Crippen LogP contribution in [0.25, 0.3) is 11.3 Å². The molecule has 2 heterocycles. The van der Waals surface area contributed by atoms with E-state index in [-0.39, 0.29) is 12.0 Å². The average molecular weight is 412 g/mol. The van der Waals surface area contributed by atoms with Crippen LogP contribution in [-0.2, 0) is 0 Å². The number of rotatable bonds is 4. The molecule has 3 aromatic rings. The quantitative estimate of drug-likeness (QED) is 0.550. The fraction of sp³-hybridized carbons (Fsp3) is 0.238. The minimum Gasteiger partial charge on any atom is -0.465 e. The highest BCUT2D eigenvalue weighted by Gasteiger charge is 2.23. The van der Waals surface area contributed by atoms with Crippen molar-refractivity contribution in [2.75, 3.05) is 11.9 Å². The summed E-state index contributed by atoms with van der Waals surface area (Å²) in [4.78, 5) is 20.5. The molecule has 28 heavy (non-hydrogen) atoms. The Balaban J connectivity index is 1.67. The molecule has 1 aliphatic rings. The number of aromatic nitrogens is 1. The Morgan fingerprint density at radius 1 is 1.14 bits per heavy atom. The van der Waals surface area contributed by atoms with Crippen molar-refractivity contribution in [2.45, 2.75) is 29.7 Å². The first kappa shape index (κ1) is 18.8. The molecule has 0 radical (unpaired) electrons. The maximum Gasteiger partial charge on any atom is 0.405 e. The van der Waals surface area contributed by atoms with Crippen molar-refractivity contribution in [3.05, 3.63) is 52.9 Å². The molecule has 4 rings (SSSR count). The van der Waals surface area contributed by atoms with Gasteiger partial charge in [0.1, 0.15) is 5.01 Å². The zero-order valence-electron chi connectivity index (χ0n) is 15.8. The first-order chi connectivity index (χ1) is 13.4. The minimum atomic E-state index is -1.03. The summed E-state index contributed by atoms with van der Waals surface area (Å²) in [5.41, 5.74) is 4.25. The fourth-order valence-corrected chi connectivity index (χ4v) is 5.48. The van der Waals surface area contributed by atoms with Crippen molar-refractivity contribution in [1.29, 1.82) is 0 Å². The molecule has 0 spiro atoms. The van der Waals surface area contributed by atoms with Gasteiger partial charge in [-0.1, -0.05) is 43.8 Å². The minimum absolute atomic E-state index is 0.123. The number of hydrogen-bond acceptors (Lipinski definition) is 5. The number of nitrogens with one attached hydrogen (secondary N) is 1. The van der Waals surface area contributed by atoms with Crippen molar-refractivity contribution in [2.24, 2.45) is 5.92 Å². The Kier molecular flexibility index (Phi) is 5.03. The van der Waals surface area contributed by atoms with Crippen LogP contribution >= 0.6 is 23.1 Å². The van der Waals surface area contributed by atoms with E-state index in [0.717, 1.165) is 22.0 Å². The molecule has 1 amide bonds. The first-order valence-electron chi connectivity index (χ1n) is 9.04. The molecule has 0 aliphatic carbocycles. The molecule has 144 valence electrons. The molecule has 0 fully saturated rings. The second-order valence-corrected chi connectivity index (χ2v) is 9.03. The number of amides is 1. The Labute approximate surface area is 172 Å². The van der Waals surface area contributed by atoms with Crippen LogP contribution in [0.2, 0.25) is 0 Å². The Morgan fingerprint density at radius 3 is 2.64 bits per heavy atom. The van der Waals surface area contributed by atoms with E-state index in [4.69, 9.17) is 10.1 Å². The largest absolute Gasteiger partial charge is 0.465 e. The topological polar surface area (TPSA) is 65.5 Å². The number of hydrogen-bond donors (Lipinski definition) is 2. The highest BCUT2D eigenvalue weighted by atomic mass is 32.2. The zero-order chi connectivity index (χ0) is 19.8. The highest BCUT2D eigenvalue weighted by Crippen LogP contribution is 2.48. The third-order valence-corrected chi connectivity index (χ3v) is 6.85. The average Bonchev–Trinajstić information content (AvgIpc) is 3.15. The number of carbonyl (C=O) groups is 1. The van der Waals surface area contributed by atoms with E-state index in [0.29, 0.717) is 0 Å². The lowest BCUT2D eigenvalue weighted by atomic mass is 10.1. The number of para-hydroxylation sites is 1. The summed E-state index contributed by atoms with van der Waals surface area (Å²) in [7, 11) is 2.08. The van der Waals surface area contributed by atoms with Gasteiger partial charge >= 0.3 is 6.09 Å². The zero-order valence-corrected chi connectivity index (χ0v) is 17.5. The van der Waals surface area contributed by atoms with Crippen molar-refractivity contribution < 1.29 is 9.90 Å². The van der Waals surface area contributed by atoms with Gasteiger partial charge in [-0.2, -0.15) is 0 Å². The van der Waals surface area contributed by atoms with Crippen LogP contribution in [0.3, 0.4) is 0 Å². The molecule has 2 aromatic carbocycles. The van der Waals surface area contributed by atoms with Crippen molar-refractivity contribution >= 4 is 40.6 Å². The highest BCUT2D eigenvalue weighted by molar-refractivity contribution is 7.99. The molecule has 0 saturated heterocycles. The van der Waals surface area contributed by atoms with E-state index >= 15 is 0 Å². The molecule has 1 unspecified atom stereocenters. The lowest BCUT2D eigenvalue weighted by molar-refractivity contribution is 0.186. The monoisotopic (exact) mass is 411 g/mol. The maximum atomic E-state index is 11.1. The van der Waals surface area contributed by atoms with E-state index in [2.05, 4.69) is 59.7 Å². The van der Waals surface area contributed by atoms with Gasteiger partial charge in [-0.05, 0) is 30.2 Å². The van der Waals surface area contributed by atoms with Crippen LogP contribution in [0.1, 0.15) is 24.9 Å². The molecular weight excluding hydrogens is 390 g/mol. The normalized spacial score (nSPS) is 13.8. The molecule has 7 heteroatoms. The predicted molar refractivity (Wildman–Crippen MR) is 115 cm³/mol. The number of nitrogens with zero attached hydrogens (tertiary/aromatic N) is 2. The van der Waals surface area contributed by atoms with Gasteiger partial charge < -0.3 is 15.3 Å². The van der Waals surface area contributed by atoms with Gasteiger partial charge in [0, 0.05) is 27.8 Å². The lowest BCUT2D eigenvalue weighted by Gasteiger charge is -2.29. The first-order valence-corrected chi connectivity index (χ1v) is 10.7. The van der Waals surface area contributed by atoms with Crippen LogP contribution < -0.4 is 10.2 Å². The molecule has 1 atom stereocenters. The third kappa shape index (κ3) is 3.47.